The zero-order chi connectivity index (χ0) is 17.9. The fraction of sp³-hybridized carbons (Fsp3) is 0.250. The van der Waals surface area contributed by atoms with Gasteiger partial charge in [0.1, 0.15) is 5.03 Å². The second-order valence-corrected chi connectivity index (χ2v) is 7.74. The molecule has 0 atom stereocenters. The molecular weight excluding hydrogens is 366 g/mol. The van der Waals surface area contributed by atoms with Crippen molar-refractivity contribution >= 4 is 23.4 Å². The third-order valence-corrected chi connectivity index (χ3v) is 5.88. The van der Waals surface area contributed by atoms with Crippen LogP contribution in [0.5, 0.6) is 0 Å². The van der Waals surface area contributed by atoms with Gasteiger partial charge in [0.25, 0.3) is 0 Å². The summed E-state index contributed by atoms with van der Waals surface area (Å²) in [4.78, 5) is 21.1. The maximum atomic E-state index is 12.7. The van der Waals surface area contributed by atoms with Crippen LogP contribution in [0, 0.1) is 0 Å². The molecule has 0 saturated heterocycles. The molecule has 2 aromatic heterocycles. The second kappa shape index (κ2) is 7.64. The van der Waals surface area contributed by atoms with Crippen molar-refractivity contribution in [2.45, 2.75) is 36.6 Å². The number of halogens is 1. The van der Waals surface area contributed by atoms with Crippen LogP contribution >= 0.6 is 23.4 Å². The maximum absolute atomic E-state index is 12.7. The zero-order valence-electron chi connectivity index (χ0n) is 14.2. The van der Waals surface area contributed by atoms with Gasteiger partial charge >= 0.3 is 5.69 Å². The lowest BCUT2D eigenvalue weighted by Gasteiger charge is -2.14. The van der Waals surface area contributed by atoms with E-state index < -0.39 is 0 Å². The van der Waals surface area contributed by atoms with Gasteiger partial charge in [0.05, 0.1) is 6.54 Å². The molecular formula is C20H18ClN3OS. The van der Waals surface area contributed by atoms with E-state index in [0.29, 0.717) is 6.54 Å². The normalized spacial score (nSPS) is 13.0. The SMILES string of the molecule is O=c1nc(SCc2cccc(Cl)c2)c2c(n1Cc1ccncc1)CCC2. The van der Waals surface area contributed by atoms with E-state index >= 15 is 0 Å². The molecule has 0 amide bonds. The molecule has 0 N–H and O–H groups in total. The molecule has 3 aromatic rings. The lowest BCUT2D eigenvalue weighted by molar-refractivity contribution is 0.666. The monoisotopic (exact) mass is 383 g/mol. The summed E-state index contributed by atoms with van der Waals surface area (Å²) in [6, 6.07) is 11.7. The fourth-order valence-electron chi connectivity index (χ4n) is 3.32. The number of benzene rings is 1. The highest BCUT2D eigenvalue weighted by molar-refractivity contribution is 7.98. The molecule has 4 rings (SSSR count). The van der Waals surface area contributed by atoms with E-state index in [-0.39, 0.29) is 5.69 Å². The van der Waals surface area contributed by atoms with Gasteiger partial charge in [0.15, 0.2) is 0 Å². The predicted octanol–water partition coefficient (Wildman–Crippen LogP) is 4.12. The quantitative estimate of drug-likeness (QED) is 0.491. The lowest BCUT2D eigenvalue weighted by Crippen LogP contribution is -2.27. The Bertz CT molecular complexity index is 988. The lowest BCUT2D eigenvalue weighted by atomic mass is 10.2. The van der Waals surface area contributed by atoms with Gasteiger partial charge in [-0.15, -0.1) is 11.8 Å². The molecule has 0 radical (unpaired) electrons. The van der Waals surface area contributed by atoms with Crippen molar-refractivity contribution in [1.29, 1.82) is 0 Å². The first-order chi connectivity index (χ1) is 12.7. The number of nitrogens with zero attached hydrogens (tertiary/aromatic N) is 3. The molecule has 2 heterocycles. The molecule has 26 heavy (non-hydrogen) atoms. The van der Waals surface area contributed by atoms with Crippen molar-refractivity contribution in [1.82, 2.24) is 14.5 Å². The number of fused-ring (bicyclic) bond motifs is 1. The van der Waals surface area contributed by atoms with E-state index in [2.05, 4.69) is 9.97 Å². The van der Waals surface area contributed by atoms with E-state index in [1.807, 2.05) is 41.0 Å². The molecule has 0 spiro atoms. The molecule has 0 fully saturated rings. The van der Waals surface area contributed by atoms with Gasteiger partial charge in [-0.25, -0.2) is 4.79 Å². The molecule has 0 saturated carbocycles. The molecule has 0 aliphatic heterocycles. The molecule has 1 aliphatic carbocycles. The summed E-state index contributed by atoms with van der Waals surface area (Å²) in [7, 11) is 0. The van der Waals surface area contributed by atoms with E-state index in [9.17, 15) is 4.79 Å². The van der Waals surface area contributed by atoms with Crippen molar-refractivity contribution in [3.63, 3.8) is 0 Å². The first-order valence-electron chi connectivity index (χ1n) is 8.59. The minimum atomic E-state index is -0.170. The molecule has 1 aromatic carbocycles. The first-order valence-corrected chi connectivity index (χ1v) is 9.96. The summed E-state index contributed by atoms with van der Waals surface area (Å²) >= 11 is 7.68. The molecule has 4 nitrogen and oxygen atoms in total. The van der Waals surface area contributed by atoms with Crippen LogP contribution in [-0.4, -0.2) is 14.5 Å². The zero-order valence-corrected chi connectivity index (χ0v) is 15.8. The van der Waals surface area contributed by atoms with Crippen molar-refractivity contribution < 1.29 is 0 Å². The molecule has 0 bridgehead atoms. The van der Waals surface area contributed by atoms with Gasteiger partial charge in [-0.1, -0.05) is 23.7 Å². The summed E-state index contributed by atoms with van der Waals surface area (Å²) < 4.78 is 1.82. The topological polar surface area (TPSA) is 47.8 Å². The third kappa shape index (κ3) is 3.69. The van der Waals surface area contributed by atoms with Crippen LogP contribution in [0.15, 0.2) is 58.6 Å². The molecule has 132 valence electrons. The smallest absolute Gasteiger partial charge is 0.292 e. The number of thioether (sulfide) groups is 1. The summed E-state index contributed by atoms with van der Waals surface area (Å²) in [5, 5.41) is 1.60. The second-order valence-electron chi connectivity index (χ2n) is 6.34. The summed E-state index contributed by atoms with van der Waals surface area (Å²) in [6.07, 6.45) is 6.49. The number of aromatic nitrogens is 3. The van der Waals surface area contributed by atoms with E-state index in [1.165, 1.54) is 5.56 Å². The Labute approximate surface area is 161 Å². The highest BCUT2D eigenvalue weighted by Gasteiger charge is 2.22. The number of hydrogen-bond acceptors (Lipinski definition) is 4. The van der Waals surface area contributed by atoms with Crippen LogP contribution in [-0.2, 0) is 25.1 Å². The van der Waals surface area contributed by atoms with Gasteiger partial charge in [0.2, 0.25) is 0 Å². The van der Waals surface area contributed by atoms with Crippen LogP contribution in [0.3, 0.4) is 0 Å². The van der Waals surface area contributed by atoms with Crippen LogP contribution in [0.25, 0.3) is 0 Å². The predicted molar refractivity (Wildman–Crippen MR) is 105 cm³/mol. The standard InChI is InChI=1S/C20H18ClN3OS/c21-16-4-1-3-15(11-16)13-26-19-17-5-2-6-18(17)24(20(25)23-19)12-14-7-9-22-10-8-14/h1,3-4,7-11H,2,5-6,12-13H2. The molecule has 0 unspecified atom stereocenters. The average molecular weight is 384 g/mol. The Morgan fingerprint density at radius 3 is 2.77 bits per heavy atom. The van der Waals surface area contributed by atoms with Crippen LogP contribution in [0.4, 0.5) is 0 Å². The number of hydrogen-bond donors (Lipinski definition) is 0. The Morgan fingerprint density at radius 2 is 1.96 bits per heavy atom. The number of rotatable bonds is 5. The highest BCUT2D eigenvalue weighted by Crippen LogP contribution is 2.31. The molecule has 6 heteroatoms. The minimum absolute atomic E-state index is 0.170. The summed E-state index contributed by atoms with van der Waals surface area (Å²) in [6.45, 7) is 0.552. The summed E-state index contributed by atoms with van der Waals surface area (Å²) in [5.74, 6) is 0.758. The molecule has 1 aliphatic rings. The van der Waals surface area contributed by atoms with Gasteiger partial charge in [-0.3, -0.25) is 9.55 Å². The van der Waals surface area contributed by atoms with Crippen LogP contribution in [0.2, 0.25) is 5.02 Å². The Balaban J connectivity index is 1.62. The van der Waals surface area contributed by atoms with Gasteiger partial charge in [-0.05, 0) is 54.7 Å². The average Bonchev–Trinajstić information content (AvgIpc) is 3.13. The Morgan fingerprint density at radius 1 is 1.12 bits per heavy atom. The largest absolute Gasteiger partial charge is 0.349 e. The Hall–Kier alpha value is -2.11. The fourth-order valence-corrected chi connectivity index (χ4v) is 4.55. The van der Waals surface area contributed by atoms with Crippen molar-refractivity contribution in [3.05, 3.63) is 86.7 Å². The maximum Gasteiger partial charge on any atom is 0.349 e. The van der Waals surface area contributed by atoms with Crippen molar-refractivity contribution in [2.75, 3.05) is 0 Å². The van der Waals surface area contributed by atoms with Gasteiger partial charge in [-0.2, -0.15) is 4.98 Å². The van der Waals surface area contributed by atoms with E-state index in [1.54, 1.807) is 24.2 Å². The van der Waals surface area contributed by atoms with Gasteiger partial charge in [0, 0.05) is 34.4 Å². The summed E-state index contributed by atoms with van der Waals surface area (Å²) in [5.41, 5.74) is 4.39. The van der Waals surface area contributed by atoms with Gasteiger partial charge < -0.3 is 0 Å². The Kier molecular flexibility index (Phi) is 5.09. The van der Waals surface area contributed by atoms with Crippen molar-refractivity contribution in [3.8, 4) is 0 Å². The number of pyridine rings is 1. The van der Waals surface area contributed by atoms with E-state index in [0.717, 1.165) is 51.9 Å². The van der Waals surface area contributed by atoms with Crippen molar-refractivity contribution in [2.24, 2.45) is 0 Å². The van der Waals surface area contributed by atoms with Crippen LogP contribution < -0.4 is 5.69 Å². The van der Waals surface area contributed by atoms with E-state index in [4.69, 9.17) is 11.6 Å². The first kappa shape index (κ1) is 17.3. The third-order valence-electron chi connectivity index (χ3n) is 4.56. The van der Waals surface area contributed by atoms with Crippen LogP contribution in [0.1, 0.15) is 28.8 Å². The highest BCUT2D eigenvalue weighted by atomic mass is 35.5. The minimum Gasteiger partial charge on any atom is -0.292 e.